The Kier molecular flexibility index (Phi) is 7.89. The summed E-state index contributed by atoms with van der Waals surface area (Å²) in [5.41, 5.74) is 0.839. The largest absolute Gasteiger partial charge is 0.480 e. The number of rotatable bonds is 9. The van der Waals surface area contributed by atoms with Crippen LogP contribution in [-0.4, -0.2) is 36.4 Å². The first-order valence-electron chi connectivity index (χ1n) is 6.91. The number of amides is 1. The van der Waals surface area contributed by atoms with Gasteiger partial charge in [-0.2, -0.15) is 0 Å². The number of carboxylic acid groups (broad SMARTS) is 1. The number of hydrogen-bond donors (Lipinski definition) is 2. The van der Waals surface area contributed by atoms with Crippen LogP contribution in [-0.2, 0) is 20.9 Å². The highest BCUT2D eigenvalue weighted by atomic mass is 16.5. The van der Waals surface area contributed by atoms with Gasteiger partial charge in [-0.3, -0.25) is 0 Å². The molecule has 1 aromatic rings. The quantitative estimate of drug-likeness (QED) is 0.682. The van der Waals surface area contributed by atoms with E-state index in [9.17, 15) is 9.59 Å². The van der Waals surface area contributed by atoms with Gasteiger partial charge in [-0.25, -0.2) is 9.59 Å². The van der Waals surface area contributed by atoms with Gasteiger partial charge >= 0.3 is 12.1 Å². The molecule has 1 aromatic carbocycles. The van der Waals surface area contributed by atoms with E-state index < -0.39 is 18.1 Å². The smallest absolute Gasteiger partial charge is 0.408 e. The molecule has 0 heterocycles. The first-order chi connectivity index (χ1) is 10.1. The summed E-state index contributed by atoms with van der Waals surface area (Å²) < 4.78 is 10.2. The van der Waals surface area contributed by atoms with E-state index in [1.807, 2.05) is 37.3 Å². The molecule has 0 bridgehead atoms. The molecule has 0 saturated heterocycles. The average Bonchev–Trinajstić information content (AvgIpc) is 2.49. The van der Waals surface area contributed by atoms with E-state index in [4.69, 9.17) is 14.6 Å². The van der Waals surface area contributed by atoms with E-state index in [1.165, 1.54) is 0 Å². The number of alkyl carbamates (subject to hydrolysis) is 1. The standard InChI is InChI=1S/C15H21NO5/c1-2-9-20-10-8-13(14(17)18)16-15(19)21-11-12-6-4-3-5-7-12/h3-7,13H,2,8-11H2,1H3,(H,16,19)(H,17,18). The molecule has 0 aliphatic heterocycles. The van der Waals surface area contributed by atoms with Crippen LogP contribution in [0, 0.1) is 0 Å². The Morgan fingerprint density at radius 3 is 2.57 bits per heavy atom. The van der Waals surface area contributed by atoms with Crippen LogP contribution in [0.25, 0.3) is 0 Å². The Bertz CT molecular complexity index is 435. The molecular weight excluding hydrogens is 274 g/mol. The Morgan fingerprint density at radius 1 is 1.24 bits per heavy atom. The number of carbonyl (C=O) groups excluding carboxylic acids is 1. The van der Waals surface area contributed by atoms with Crippen molar-refractivity contribution in [3.63, 3.8) is 0 Å². The molecule has 116 valence electrons. The van der Waals surface area contributed by atoms with Gasteiger partial charge in [0.15, 0.2) is 0 Å². The first-order valence-corrected chi connectivity index (χ1v) is 6.91. The third-order valence-corrected chi connectivity index (χ3v) is 2.70. The van der Waals surface area contributed by atoms with Crippen molar-refractivity contribution in [2.45, 2.75) is 32.4 Å². The zero-order chi connectivity index (χ0) is 15.5. The van der Waals surface area contributed by atoms with Crippen LogP contribution in [0.15, 0.2) is 30.3 Å². The molecule has 0 aromatic heterocycles. The Morgan fingerprint density at radius 2 is 1.95 bits per heavy atom. The molecule has 6 nitrogen and oxygen atoms in total. The number of aliphatic carboxylic acids is 1. The van der Waals surface area contributed by atoms with Crippen molar-refractivity contribution >= 4 is 12.1 Å². The normalized spacial score (nSPS) is 11.7. The molecule has 2 N–H and O–H groups in total. The topological polar surface area (TPSA) is 84.9 Å². The fourth-order valence-corrected chi connectivity index (χ4v) is 1.61. The lowest BCUT2D eigenvalue weighted by Crippen LogP contribution is -2.41. The molecule has 0 fully saturated rings. The Labute approximate surface area is 124 Å². The molecule has 0 spiro atoms. The SMILES string of the molecule is CCCOCCC(NC(=O)OCc1ccccc1)C(=O)O. The lowest BCUT2D eigenvalue weighted by molar-refractivity contribution is -0.139. The Balaban J connectivity index is 2.33. The molecule has 1 unspecified atom stereocenters. The molecule has 1 amide bonds. The summed E-state index contributed by atoms with van der Waals surface area (Å²) in [5, 5.41) is 11.4. The summed E-state index contributed by atoms with van der Waals surface area (Å²) in [6.45, 7) is 2.92. The van der Waals surface area contributed by atoms with Gasteiger partial charge in [0.1, 0.15) is 12.6 Å². The minimum Gasteiger partial charge on any atom is -0.480 e. The third kappa shape index (κ3) is 7.31. The van der Waals surface area contributed by atoms with E-state index in [1.54, 1.807) is 0 Å². The monoisotopic (exact) mass is 295 g/mol. The number of carbonyl (C=O) groups is 2. The second kappa shape index (κ2) is 9.77. The minimum atomic E-state index is -1.10. The van der Waals surface area contributed by atoms with Crippen LogP contribution in [0.5, 0.6) is 0 Å². The Hall–Kier alpha value is -2.08. The molecule has 6 heteroatoms. The molecule has 21 heavy (non-hydrogen) atoms. The maximum Gasteiger partial charge on any atom is 0.408 e. The van der Waals surface area contributed by atoms with E-state index >= 15 is 0 Å². The number of ether oxygens (including phenoxy) is 2. The van der Waals surface area contributed by atoms with E-state index in [-0.39, 0.29) is 19.6 Å². The summed E-state index contributed by atoms with van der Waals surface area (Å²) in [6, 6.07) is 8.16. The van der Waals surface area contributed by atoms with Crippen molar-refractivity contribution in [2.75, 3.05) is 13.2 Å². The van der Waals surface area contributed by atoms with Gasteiger partial charge < -0.3 is 19.9 Å². The molecular formula is C15H21NO5. The van der Waals surface area contributed by atoms with Crippen molar-refractivity contribution in [1.82, 2.24) is 5.32 Å². The summed E-state index contributed by atoms with van der Waals surface area (Å²) in [4.78, 5) is 22.6. The summed E-state index contributed by atoms with van der Waals surface area (Å²) in [6.07, 6.45) is 0.321. The predicted molar refractivity (Wildman–Crippen MR) is 76.9 cm³/mol. The zero-order valence-corrected chi connectivity index (χ0v) is 12.1. The van der Waals surface area contributed by atoms with Crippen LogP contribution in [0.4, 0.5) is 4.79 Å². The van der Waals surface area contributed by atoms with Gasteiger partial charge in [-0.05, 0) is 12.0 Å². The molecule has 0 radical (unpaired) electrons. The number of benzene rings is 1. The van der Waals surface area contributed by atoms with Crippen LogP contribution in [0.3, 0.4) is 0 Å². The number of hydrogen-bond acceptors (Lipinski definition) is 4. The van der Waals surface area contributed by atoms with Crippen molar-refractivity contribution in [2.24, 2.45) is 0 Å². The highest BCUT2D eigenvalue weighted by Crippen LogP contribution is 2.01. The van der Waals surface area contributed by atoms with Gasteiger partial charge in [0, 0.05) is 19.6 Å². The zero-order valence-electron chi connectivity index (χ0n) is 12.1. The molecule has 0 saturated carbocycles. The van der Waals surface area contributed by atoms with Crippen LogP contribution in [0.1, 0.15) is 25.3 Å². The second-order valence-electron chi connectivity index (χ2n) is 4.50. The van der Waals surface area contributed by atoms with Crippen molar-refractivity contribution in [1.29, 1.82) is 0 Å². The van der Waals surface area contributed by atoms with Crippen molar-refractivity contribution in [3.05, 3.63) is 35.9 Å². The lowest BCUT2D eigenvalue weighted by atomic mass is 10.2. The van der Waals surface area contributed by atoms with Gasteiger partial charge in [0.05, 0.1) is 0 Å². The summed E-state index contributed by atoms with van der Waals surface area (Å²) in [7, 11) is 0. The van der Waals surface area contributed by atoms with Crippen molar-refractivity contribution in [3.8, 4) is 0 Å². The van der Waals surface area contributed by atoms with E-state index in [2.05, 4.69) is 5.32 Å². The lowest BCUT2D eigenvalue weighted by Gasteiger charge is -2.14. The molecule has 1 rings (SSSR count). The minimum absolute atomic E-state index is 0.103. The number of nitrogens with one attached hydrogen (secondary N) is 1. The first kappa shape index (κ1) is 17.0. The van der Waals surface area contributed by atoms with E-state index in [0.717, 1.165) is 12.0 Å². The molecule has 1 atom stereocenters. The average molecular weight is 295 g/mol. The van der Waals surface area contributed by atoms with Gasteiger partial charge in [-0.1, -0.05) is 37.3 Å². The second-order valence-corrected chi connectivity index (χ2v) is 4.50. The van der Waals surface area contributed by atoms with Gasteiger partial charge in [-0.15, -0.1) is 0 Å². The molecule has 0 aliphatic carbocycles. The van der Waals surface area contributed by atoms with Gasteiger partial charge in [0.25, 0.3) is 0 Å². The fourth-order valence-electron chi connectivity index (χ4n) is 1.61. The number of carboxylic acids is 1. The predicted octanol–water partition coefficient (Wildman–Crippen LogP) is 2.18. The summed E-state index contributed by atoms with van der Waals surface area (Å²) >= 11 is 0. The van der Waals surface area contributed by atoms with Crippen LogP contribution in [0.2, 0.25) is 0 Å². The van der Waals surface area contributed by atoms with E-state index in [0.29, 0.717) is 6.61 Å². The highest BCUT2D eigenvalue weighted by Gasteiger charge is 2.20. The summed E-state index contributed by atoms with van der Waals surface area (Å²) in [5.74, 6) is -1.10. The third-order valence-electron chi connectivity index (χ3n) is 2.70. The van der Waals surface area contributed by atoms with Gasteiger partial charge in [0.2, 0.25) is 0 Å². The highest BCUT2D eigenvalue weighted by molar-refractivity contribution is 5.79. The van der Waals surface area contributed by atoms with Crippen molar-refractivity contribution < 1.29 is 24.2 Å². The van der Waals surface area contributed by atoms with Crippen LogP contribution >= 0.6 is 0 Å². The maximum atomic E-state index is 11.6. The fraction of sp³-hybridized carbons (Fsp3) is 0.467. The maximum absolute atomic E-state index is 11.6. The van der Waals surface area contributed by atoms with Crippen LogP contribution < -0.4 is 5.32 Å². The molecule has 0 aliphatic rings.